The molecule has 0 spiro atoms. The summed E-state index contributed by atoms with van der Waals surface area (Å²) in [5.74, 6) is 0. The minimum atomic E-state index is 1.18. The van der Waals surface area contributed by atoms with Crippen LogP contribution in [0.25, 0.3) is 0 Å². The van der Waals surface area contributed by atoms with Gasteiger partial charge in [-0.05, 0) is 21.1 Å². The first kappa shape index (κ1) is 10.2. The summed E-state index contributed by atoms with van der Waals surface area (Å²) in [5.41, 5.74) is 0. The van der Waals surface area contributed by atoms with Crippen LogP contribution in [0.2, 0.25) is 0 Å². The Bertz CT molecular complexity index is 76.3. The van der Waals surface area contributed by atoms with Gasteiger partial charge in [-0.1, -0.05) is 6.58 Å². The Morgan fingerprint density at radius 2 is 1.62 bits per heavy atom. The average Bonchev–Trinajstić information content (AvgIpc) is 1.65. The molecule has 0 heterocycles. The summed E-state index contributed by atoms with van der Waals surface area (Å²) in [5, 5.41) is 7.51. The van der Waals surface area contributed by atoms with Gasteiger partial charge in [-0.25, -0.2) is 0 Å². The molecule has 0 rings (SSSR count). The molecule has 0 saturated carbocycles. The molecule has 2 heteroatoms. The van der Waals surface area contributed by atoms with E-state index >= 15 is 0 Å². The molecule has 0 aromatic carbocycles. The fraction of sp³-hybridized carbons (Fsp3) is 0.500. The first-order chi connectivity index (χ1) is 3.65. The van der Waals surface area contributed by atoms with Crippen molar-refractivity contribution in [1.29, 1.82) is 5.26 Å². The van der Waals surface area contributed by atoms with E-state index in [2.05, 4.69) is 6.58 Å². The highest BCUT2D eigenvalue weighted by Gasteiger charge is 1.58. The van der Waals surface area contributed by atoms with E-state index in [9.17, 15) is 0 Å². The molecule has 0 aromatic rings. The number of nitrogens with zero attached hydrogens (tertiary/aromatic N) is 2. The molecule has 0 fully saturated rings. The smallest absolute Gasteiger partial charge is 0.0905 e. The van der Waals surface area contributed by atoms with E-state index in [1.807, 2.05) is 26.0 Å². The van der Waals surface area contributed by atoms with Crippen molar-refractivity contribution in [1.82, 2.24) is 4.90 Å². The van der Waals surface area contributed by atoms with Crippen molar-refractivity contribution in [3.63, 3.8) is 0 Å². The lowest BCUT2D eigenvalue weighted by Gasteiger charge is -1.90. The average molecular weight is 112 g/mol. The van der Waals surface area contributed by atoms with Crippen LogP contribution >= 0.6 is 0 Å². The molecular formula is C6H12N2. The molecule has 0 unspecified atom stereocenters. The zero-order chi connectivity index (χ0) is 6.99. The maximum Gasteiger partial charge on any atom is 0.0905 e. The third-order valence-corrected chi connectivity index (χ3v) is 0.0913. The van der Waals surface area contributed by atoms with Gasteiger partial charge in [-0.3, -0.25) is 0 Å². The number of allylic oxidation sites excluding steroid dienone is 1. The highest BCUT2D eigenvalue weighted by molar-refractivity contribution is 4.93. The van der Waals surface area contributed by atoms with Gasteiger partial charge in [0.1, 0.15) is 0 Å². The molecule has 0 aromatic heterocycles. The van der Waals surface area contributed by atoms with Crippen LogP contribution in [-0.4, -0.2) is 26.0 Å². The maximum absolute atomic E-state index is 7.51. The van der Waals surface area contributed by atoms with Crippen LogP contribution in [0.5, 0.6) is 0 Å². The van der Waals surface area contributed by atoms with Gasteiger partial charge >= 0.3 is 0 Å². The van der Waals surface area contributed by atoms with Gasteiger partial charge in [0.15, 0.2) is 0 Å². The van der Waals surface area contributed by atoms with E-state index in [1.54, 1.807) is 6.07 Å². The Hall–Kier alpha value is -0.810. The summed E-state index contributed by atoms with van der Waals surface area (Å²) in [7, 11) is 6.00. The summed E-state index contributed by atoms with van der Waals surface area (Å²) < 4.78 is 0. The van der Waals surface area contributed by atoms with Gasteiger partial charge in [0, 0.05) is 6.08 Å². The molecule has 8 heavy (non-hydrogen) atoms. The van der Waals surface area contributed by atoms with Crippen LogP contribution < -0.4 is 0 Å². The van der Waals surface area contributed by atoms with E-state index in [0.717, 1.165) is 0 Å². The van der Waals surface area contributed by atoms with Crippen molar-refractivity contribution in [2.75, 3.05) is 21.1 Å². The molecule has 0 aliphatic carbocycles. The maximum atomic E-state index is 7.51. The number of rotatable bonds is 0. The largest absolute Gasteiger partial charge is 0.312 e. The van der Waals surface area contributed by atoms with E-state index in [1.165, 1.54) is 6.08 Å². The van der Waals surface area contributed by atoms with Crippen molar-refractivity contribution < 1.29 is 0 Å². The first-order valence-corrected chi connectivity index (χ1v) is 2.26. The van der Waals surface area contributed by atoms with Gasteiger partial charge in [-0.2, -0.15) is 5.26 Å². The second-order valence-corrected chi connectivity index (χ2v) is 1.67. The predicted octanol–water partition coefficient (Wildman–Crippen LogP) is 0.874. The van der Waals surface area contributed by atoms with Crippen LogP contribution in [0.1, 0.15) is 0 Å². The second kappa shape index (κ2) is 9.50. The third kappa shape index (κ3) is 2520. The van der Waals surface area contributed by atoms with E-state index in [4.69, 9.17) is 5.26 Å². The summed E-state index contributed by atoms with van der Waals surface area (Å²) in [4.78, 5) is 2.00. The van der Waals surface area contributed by atoms with Crippen molar-refractivity contribution in [3.05, 3.63) is 12.7 Å². The number of hydrogen-bond acceptors (Lipinski definition) is 2. The fourth-order valence-corrected chi connectivity index (χ4v) is 0. The van der Waals surface area contributed by atoms with Crippen LogP contribution in [-0.2, 0) is 0 Å². The standard InChI is InChI=1S/C3H9N.C3H3N/c1-4(2)3;1-2-3-4/h1-3H3;2H,1H2. The van der Waals surface area contributed by atoms with E-state index < -0.39 is 0 Å². The Morgan fingerprint density at radius 1 is 1.50 bits per heavy atom. The van der Waals surface area contributed by atoms with Crippen molar-refractivity contribution in [2.45, 2.75) is 0 Å². The lowest BCUT2D eigenvalue weighted by molar-refractivity contribution is 0.505. The molecule has 0 aliphatic heterocycles. The second-order valence-electron chi connectivity index (χ2n) is 1.67. The number of nitriles is 1. The zero-order valence-electron chi connectivity index (χ0n) is 5.68. The highest BCUT2D eigenvalue weighted by atomic mass is 15.0. The molecule has 2 nitrogen and oxygen atoms in total. The SMILES string of the molecule is C=CC#N.CN(C)C. The van der Waals surface area contributed by atoms with Crippen molar-refractivity contribution >= 4 is 0 Å². The molecule has 0 amide bonds. The molecule has 46 valence electrons. The van der Waals surface area contributed by atoms with Gasteiger partial charge in [0.25, 0.3) is 0 Å². The Labute approximate surface area is 51.0 Å². The molecule has 0 saturated heterocycles. The normalized spacial score (nSPS) is 6.38. The highest BCUT2D eigenvalue weighted by Crippen LogP contribution is 1.47. The third-order valence-electron chi connectivity index (χ3n) is 0.0913. The van der Waals surface area contributed by atoms with E-state index in [-0.39, 0.29) is 0 Å². The lowest BCUT2D eigenvalue weighted by Crippen LogP contribution is -1.99. The molecule has 0 atom stereocenters. The topological polar surface area (TPSA) is 27.0 Å². The van der Waals surface area contributed by atoms with Gasteiger partial charge in [0.2, 0.25) is 0 Å². The van der Waals surface area contributed by atoms with Gasteiger partial charge in [-0.15, -0.1) is 0 Å². The fourth-order valence-electron chi connectivity index (χ4n) is 0. The molecule has 0 radical (unpaired) electrons. The minimum absolute atomic E-state index is 1.18. The predicted molar refractivity (Wildman–Crippen MR) is 35.4 cm³/mol. The molecule has 0 bridgehead atoms. The Balaban J connectivity index is 0. The van der Waals surface area contributed by atoms with Crippen LogP contribution in [0.4, 0.5) is 0 Å². The van der Waals surface area contributed by atoms with Crippen LogP contribution in [0.15, 0.2) is 12.7 Å². The Morgan fingerprint density at radius 3 is 1.62 bits per heavy atom. The quantitative estimate of drug-likeness (QED) is 0.435. The van der Waals surface area contributed by atoms with Crippen molar-refractivity contribution in [2.24, 2.45) is 0 Å². The summed E-state index contributed by atoms with van der Waals surface area (Å²) in [6.45, 7) is 3.12. The minimum Gasteiger partial charge on any atom is -0.312 e. The molecule has 0 N–H and O–H groups in total. The monoisotopic (exact) mass is 112 g/mol. The first-order valence-electron chi connectivity index (χ1n) is 2.26. The zero-order valence-corrected chi connectivity index (χ0v) is 5.68. The number of hydrogen-bond donors (Lipinski definition) is 0. The van der Waals surface area contributed by atoms with Crippen molar-refractivity contribution in [3.8, 4) is 6.07 Å². The van der Waals surface area contributed by atoms with Crippen LogP contribution in [0.3, 0.4) is 0 Å². The Kier molecular flexibility index (Phi) is 12.1. The van der Waals surface area contributed by atoms with Gasteiger partial charge < -0.3 is 4.90 Å². The van der Waals surface area contributed by atoms with Crippen LogP contribution in [0, 0.1) is 11.3 Å². The van der Waals surface area contributed by atoms with E-state index in [0.29, 0.717) is 0 Å². The summed E-state index contributed by atoms with van der Waals surface area (Å²) in [6, 6.07) is 1.69. The molecular weight excluding hydrogens is 100 g/mol. The lowest BCUT2D eigenvalue weighted by atomic mass is 10.8. The summed E-state index contributed by atoms with van der Waals surface area (Å²) in [6.07, 6.45) is 1.18. The summed E-state index contributed by atoms with van der Waals surface area (Å²) >= 11 is 0. The van der Waals surface area contributed by atoms with Gasteiger partial charge in [0.05, 0.1) is 6.07 Å². The molecule has 0 aliphatic rings.